The number of anilines is 1. The van der Waals surface area contributed by atoms with Crippen LogP contribution in [-0.4, -0.2) is 64.0 Å². The second-order valence-electron chi connectivity index (χ2n) is 11.5. The molecule has 1 saturated carbocycles. The number of likely N-dealkylation sites (tertiary alicyclic amines) is 1. The molecule has 1 aliphatic carbocycles. The molecule has 4 N–H and O–H groups in total. The van der Waals surface area contributed by atoms with Crippen LogP contribution in [0.15, 0.2) is 53.4 Å². The molecule has 1 heterocycles. The van der Waals surface area contributed by atoms with Crippen LogP contribution < -0.4 is 10.6 Å². The first-order valence-electron chi connectivity index (χ1n) is 14.8. The number of unbranched alkanes of at least 4 members (excludes halogenated alkanes) is 1. The number of hydrogen-bond donors (Lipinski definition) is 3. The van der Waals surface area contributed by atoms with Gasteiger partial charge in [-0.2, -0.15) is 0 Å². The number of aliphatic hydroxyl groups is 1. The number of thioether (sulfide) groups is 1. The van der Waals surface area contributed by atoms with E-state index in [1.165, 1.54) is 12.8 Å². The Labute approximate surface area is 243 Å². The highest BCUT2D eigenvalue weighted by atomic mass is 32.2. The molecule has 2 aromatic carbocycles. The monoisotopic (exact) mass is 567 g/mol. The zero-order valence-electron chi connectivity index (χ0n) is 23.8. The number of nitrogens with two attached hydrogens (primary N) is 1. The van der Waals surface area contributed by atoms with Gasteiger partial charge in [-0.1, -0.05) is 63.3 Å². The number of nitrogens with zero attached hydrogens (tertiary/aromatic N) is 2. The number of aromatic hydroxyl groups is 1. The Morgan fingerprint density at radius 3 is 2.62 bits per heavy atom. The minimum Gasteiger partial charge on any atom is -0.508 e. The average Bonchev–Trinajstić information content (AvgIpc) is 2.96. The first kappa shape index (κ1) is 30.4. The van der Waals surface area contributed by atoms with Crippen molar-refractivity contribution in [3.63, 3.8) is 0 Å². The molecule has 2 fully saturated rings. The van der Waals surface area contributed by atoms with Gasteiger partial charge in [0.05, 0.1) is 23.9 Å². The zero-order valence-corrected chi connectivity index (χ0v) is 24.6. The fourth-order valence-electron chi connectivity index (χ4n) is 6.89. The van der Waals surface area contributed by atoms with Gasteiger partial charge in [0.25, 0.3) is 0 Å². The van der Waals surface area contributed by atoms with Crippen LogP contribution in [0, 0.1) is 18.8 Å². The molecule has 0 radical (unpaired) electrons. The normalized spacial score (nSPS) is 24.6. The first-order valence-corrected chi connectivity index (χ1v) is 15.8. The number of carbonyl (C=O) groups excluding carboxylic acids is 2. The third kappa shape index (κ3) is 7.01. The summed E-state index contributed by atoms with van der Waals surface area (Å²) in [6.45, 7) is 4.21. The number of rotatable bonds is 13. The predicted octanol–water partition coefficient (Wildman–Crippen LogP) is 5.11. The second-order valence-corrected chi connectivity index (χ2v) is 12.6. The third-order valence-corrected chi connectivity index (χ3v) is 10.1. The Bertz CT molecular complexity index is 1120. The molecule has 4 rings (SSSR count). The van der Waals surface area contributed by atoms with Gasteiger partial charge >= 0.3 is 0 Å². The van der Waals surface area contributed by atoms with Crippen molar-refractivity contribution in [3.8, 4) is 5.75 Å². The molecule has 218 valence electrons. The van der Waals surface area contributed by atoms with Gasteiger partial charge in [-0.05, 0) is 62.3 Å². The van der Waals surface area contributed by atoms with Gasteiger partial charge < -0.3 is 20.8 Å². The van der Waals surface area contributed by atoms with Crippen molar-refractivity contribution in [3.05, 3.63) is 54.1 Å². The van der Waals surface area contributed by atoms with E-state index < -0.39 is 18.2 Å². The molecule has 7 nitrogen and oxygen atoms in total. The maximum Gasteiger partial charge on any atom is 0.234 e. The Morgan fingerprint density at radius 1 is 1.18 bits per heavy atom. The number of benzene rings is 2. The van der Waals surface area contributed by atoms with E-state index in [9.17, 15) is 19.8 Å². The summed E-state index contributed by atoms with van der Waals surface area (Å²) in [7, 11) is 0. The number of phenolic OH excluding ortho intramolecular Hbond substituents is 1. The zero-order chi connectivity index (χ0) is 28.6. The number of amides is 2. The Balaban J connectivity index is 1.66. The summed E-state index contributed by atoms with van der Waals surface area (Å²) in [6.07, 6.45) is 8.33. The lowest BCUT2D eigenvalue weighted by atomic mass is 9.67. The number of primary amides is 1. The Morgan fingerprint density at radius 2 is 1.93 bits per heavy atom. The molecule has 1 aliphatic heterocycles. The van der Waals surface area contributed by atoms with Crippen molar-refractivity contribution in [2.45, 2.75) is 94.3 Å². The first-order chi connectivity index (χ1) is 19.3. The minimum atomic E-state index is -0.936. The molecule has 1 saturated heterocycles. The summed E-state index contributed by atoms with van der Waals surface area (Å²) in [6, 6.07) is 14.2. The van der Waals surface area contributed by atoms with Gasteiger partial charge in [0.15, 0.2) is 0 Å². The number of phenols is 1. The van der Waals surface area contributed by atoms with Crippen LogP contribution in [0.2, 0.25) is 0 Å². The Kier molecular flexibility index (Phi) is 10.9. The van der Waals surface area contributed by atoms with Gasteiger partial charge in [-0.15, -0.1) is 11.8 Å². The quantitative estimate of drug-likeness (QED) is 0.229. The summed E-state index contributed by atoms with van der Waals surface area (Å²) >= 11 is 1.57. The number of piperidine rings is 1. The molecule has 40 heavy (non-hydrogen) atoms. The van der Waals surface area contributed by atoms with Crippen molar-refractivity contribution >= 4 is 29.8 Å². The van der Waals surface area contributed by atoms with E-state index in [1.807, 2.05) is 30.3 Å². The van der Waals surface area contributed by atoms with Gasteiger partial charge in [-0.3, -0.25) is 14.5 Å². The minimum absolute atomic E-state index is 0.0982. The predicted molar refractivity (Wildman–Crippen MR) is 161 cm³/mol. The largest absolute Gasteiger partial charge is 0.508 e. The topological polar surface area (TPSA) is 107 Å². The molecule has 6 atom stereocenters. The van der Waals surface area contributed by atoms with Gasteiger partial charge in [0.1, 0.15) is 5.75 Å². The van der Waals surface area contributed by atoms with E-state index in [1.54, 1.807) is 41.8 Å². The van der Waals surface area contributed by atoms with Crippen LogP contribution in [0.3, 0.4) is 0 Å². The molecule has 4 unspecified atom stereocenters. The molecule has 0 bridgehead atoms. The molecule has 2 aromatic rings. The van der Waals surface area contributed by atoms with E-state index in [2.05, 4.69) is 11.8 Å². The fourth-order valence-corrected chi connectivity index (χ4v) is 7.98. The average molecular weight is 568 g/mol. The lowest BCUT2D eigenvalue weighted by molar-refractivity contribution is -0.132. The summed E-state index contributed by atoms with van der Waals surface area (Å²) in [5.74, 6) is 1.20. The van der Waals surface area contributed by atoms with Crippen LogP contribution >= 0.6 is 11.8 Å². The standard InChI is InChI=1S/C32H45N3O4S/c1-3-4-15-27-25-14-9-8-11-23(25)18-28(32(33)39)34(27)19-31(38)29(20-40-24-12-6-5-7-13-24)35(21-36)26-16-10-17-30(37)22(26)2/h5-7,10,12-13,16-17,21,23,25,27-29,31,37-38H,3-4,8-9,11,14-15,18-20H2,1-2H3,(H2,33,39)/t23?,25?,27?,28?,29-,31+/m0/s1. The van der Waals surface area contributed by atoms with Crippen molar-refractivity contribution in [2.75, 3.05) is 17.2 Å². The lowest BCUT2D eigenvalue weighted by Crippen LogP contribution is -2.62. The number of hydrogen-bond acceptors (Lipinski definition) is 6. The fraction of sp³-hybridized carbons (Fsp3) is 0.562. The highest BCUT2D eigenvalue weighted by molar-refractivity contribution is 7.99. The number of aliphatic hydroxyl groups excluding tert-OH is 1. The number of carbonyl (C=O) groups is 2. The Hall–Kier alpha value is -2.55. The summed E-state index contributed by atoms with van der Waals surface area (Å²) < 4.78 is 0. The molecule has 2 aliphatic rings. The van der Waals surface area contributed by atoms with E-state index in [-0.39, 0.29) is 24.2 Å². The molecule has 0 aromatic heterocycles. The highest BCUT2D eigenvalue weighted by Crippen LogP contribution is 2.44. The van der Waals surface area contributed by atoms with Crippen molar-refractivity contribution in [2.24, 2.45) is 17.6 Å². The third-order valence-electron chi connectivity index (χ3n) is 9.03. The number of fused-ring (bicyclic) bond motifs is 1. The van der Waals surface area contributed by atoms with Crippen LogP contribution in [-0.2, 0) is 9.59 Å². The van der Waals surface area contributed by atoms with Crippen LogP contribution in [0.25, 0.3) is 0 Å². The smallest absolute Gasteiger partial charge is 0.234 e. The maximum absolute atomic E-state index is 12.8. The van der Waals surface area contributed by atoms with Gasteiger partial charge in [-0.25, -0.2) is 0 Å². The summed E-state index contributed by atoms with van der Waals surface area (Å²) in [4.78, 5) is 30.2. The summed E-state index contributed by atoms with van der Waals surface area (Å²) in [5.41, 5.74) is 7.15. The van der Waals surface area contributed by atoms with Crippen molar-refractivity contribution in [1.82, 2.24) is 4.90 Å². The van der Waals surface area contributed by atoms with Crippen LogP contribution in [0.5, 0.6) is 5.75 Å². The van der Waals surface area contributed by atoms with Crippen molar-refractivity contribution < 1.29 is 19.8 Å². The van der Waals surface area contributed by atoms with Crippen LogP contribution in [0.4, 0.5) is 5.69 Å². The summed E-state index contributed by atoms with van der Waals surface area (Å²) in [5, 5.41) is 22.3. The maximum atomic E-state index is 12.8. The van der Waals surface area contributed by atoms with Crippen molar-refractivity contribution in [1.29, 1.82) is 0 Å². The van der Waals surface area contributed by atoms with Crippen LogP contribution in [0.1, 0.15) is 63.9 Å². The molecule has 8 heteroatoms. The van der Waals surface area contributed by atoms with E-state index in [0.717, 1.165) is 49.8 Å². The number of β-amino-alcohol motifs (C(OH)–C–C–N with tert-alkyl or cyclic N) is 1. The SMILES string of the molecule is CCCCC1C2CCCCC2CC(C(N)=O)N1C[C@@H](O)[C@H](CSc1ccccc1)N(C=O)c1cccc(O)c1C. The van der Waals surface area contributed by atoms with E-state index in [0.29, 0.717) is 28.8 Å². The van der Waals surface area contributed by atoms with Gasteiger partial charge in [0.2, 0.25) is 12.3 Å². The lowest BCUT2D eigenvalue weighted by Gasteiger charge is -2.52. The van der Waals surface area contributed by atoms with E-state index >= 15 is 0 Å². The molecule has 0 spiro atoms. The molecular weight excluding hydrogens is 522 g/mol. The van der Waals surface area contributed by atoms with E-state index in [4.69, 9.17) is 5.73 Å². The van der Waals surface area contributed by atoms with Gasteiger partial charge in [0, 0.05) is 28.8 Å². The second kappa shape index (κ2) is 14.4. The molecular formula is C32H45N3O4S. The highest BCUT2D eigenvalue weighted by Gasteiger charge is 2.46. The molecule has 2 amide bonds.